The van der Waals surface area contributed by atoms with E-state index in [1.165, 1.54) is 0 Å². The summed E-state index contributed by atoms with van der Waals surface area (Å²) in [6, 6.07) is 11.3. The van der Waals surface area contributed by atoms with Crippen LogP contribution in [0, 0.1) is 0 Å². The number of benzene rings is 2. The molecule has 22 heavy (non-hydrogen) atoms. The number of ether oxygens (including phenoxy) is 1. The quantitative estimate of drug-likeness (QED) is 0.831. The zero-order chi connectivity index (χ0) is 16.1. The summed E-state index contributed by atoms with van der Waals surface area (Å²) in [5, 5.41) is 3.52. The highest BCUT2D eigenvalue weighted by atomic mass is 35.5. The van der Waals surface area contributed by atoms with Crippen LogP contribution >= 0.6 is 23.2 Å². The first-order valence-corrected chi connectivity index (χ1v) is 7.23. The van der Waals surface area contributed by atoms with E-state index in [1.54, 1.807) is 49.4 Å². The molecule has 1 unspecified atom stereocenters. The first-order valence-electron chi connectivity index (χ1n) is 6.47. The van der Waals surface area contributed by atoms with Gasteiger partial charge in [0.2, 0.25) is 0 Å². The molecule has 0 aliphatic carbocycles. The van der Waals surface area contributed by atoms with E-state index in [-0.39, 0.29) is 5.91 Å². The number of carbonyl (C=O) groups is 2. The van der Waals surface area contributed by atoms with Crippen LogP contribution in [0.15, 0.2) is 42.5 Å². The minimum absolute atomic E-state index is 0.358. The SMILES string of the molecule is CC(Oc1ccc(C=O)cc1)C(=O)Nc1cc(Cl)ccc1Cl. The molecule has 4 nitrogen and oxygen atoms in total. The van der Waals surface area contributed by atoms with Crippen molar-refractivity contribution in [3.63, 3.8) is 0 Å². The number of carbonyl (C=O) groups excluding carboxylic acids is 2. The predicted molar refractivity (Wildman–Crippen MR) is 87.0 cm³/mol. The average Bonchev–Trinajstić information content (AvgIpc) is 2.51. The molecule has 0 aromatic heterocycles. The molecular weight excluding hydrogens is 325 g/mol. The van der Waals surface area contributed by atoms with Gasteiger partial charge in [0.05, 0.1) is 10.7 Å². The molecule has 2 aromatic carbocycles. The van der Waals surface area contributed by atoms with Gasteiger partial charge >= 0.3 is 0 Å². The third-order valence-corrected chi connectivity index (χ3v) is 3.45. The van der Waals surface area contributed by atoms with Gasteiger partial charge in [0.25, 0.3) is 5.91 Å². The number of aldehydes is 1. The lowest BCUT2D eigenvalue weighted by molar-refractivity contribution is -0.122. The third-order valence-electron chi connectivity index (χ3n) is 2.88. The Morgan fingerprint density at radius 2 is 1.86 bits per heavy atom. The predicted octanol–water partition coefficient (Wildman–Crippen LogP) is 4.21. The molecular formula is C16H13Cl2NO3. The maximum atomic E-state index is 12.1. The first-order chi connectivity index (χ1) is 10.5. The molecule has 0 spiro atoms. The number of rotatable bonds is 5. The summed E-state index contributed by atoms with van der Waals surface area (Å²) in [6.07, 6.45) is -0.00161. The van der Waals surface area contributed by atoms with E-state index in [9.17, 15) is 9.59 Å². The minimum Gasteiger partial charge on any atom is -0.481 e. The molecule has 114 valence electrons. The van der Waals surface area contributed by atoms with Crippen LogP contribution in [-0.4, -0.2) is 18.3 Å². The largest absolute Gasteiger partial charge is 0.481 e. The highest BCUT2D eigenvalue weighted by molar-refractivity contribution is 6.35. The summed E-state index contributed by atoms with van der Waals surface area (Å²) in [7, 11) is 0. The Labute approximate surface area is 138 Å². The summed E-state index contributed by atoms with van der Waals surface area (Å²) in [6.45, 7) is 1.61. The molecule has 0 heterocycles. The molecule has 0 saturated carbocycles. The van der Waals surface area contributed by atoms with E-state index in [2.05, 4.69) is 5.32 Å². The number of halogens is 2. The molecule has 0 saturated heterocycles. The first kappa shape index (κ1) is 16.3. The molecule has 1 atom stereocenters. The monoisotopic (exact) mass is 337 g/mol. The van der Waals surface area contributed by atoms with E-state index in [0.717, 1.165) is 6.29 Å². The van der Waals surface area contributed by atoms with E-state index in [4.69, 9.17) is 27.9 Å². The molecule has 0 fully saturated rings. The van der Waals surface area contributed by atoms with Crippen LogP contribution in [-0.2, 0) is 4.79 Å². The second kappa shape index (κ2) is 7.29. The van der Waals surface area contributed by atoms with Crippen LogP contribution in [0.3, 0.4) is 0 Å². The van der Waals surface area contributed by atoms with Gasteiger partial charge in [0.1, 0.15) is 12.0 Å². The summed E-state index contributed by atoms with van der Waals surface area (Å²) in [5.74, 6) is 0.133. The summed E-state index contributed by atoms with van der Waals surface area (Å²) < 4.78 is 5.51. The van der Waals surface area contributed by atoms with Gasteiger partial charge in [0.15, 0.2) is 6.10 Å². The summed E-state index contributed by atoms with van der Waals surface area (Å²) >= 11 is 11.9. The van der Waals surface area contributed by atoms with E-state index in [1.807, 2.05) is 0 Å². The Balaban J connectivity index is 2.02. The lowest BCUT2D eigenvalue weighted by Crippen LogP contribution is -2.30. The van der Waals surface area contributed by atoms with E-state index >= 15 is 0 Å². The van der Waals surface area contributed by atoms with Crippen molar-refractivity contribution >= 4 is 41.1 Å². The fourth-order valence-corrected chi connectivity index (χ4v) is 2.05. The number of hydrogen-bond acceptors (Lipinski definition) is 3. The van der Waals surface area contributed by atoms with E-state index in [0.29, 0.717) is 27.0 Å². The smallest absolute Gasteiger partial charge is 0.265 e. The Morgan fingerprint density at radius 1 is 1.18 bits per heavy atom. The number of amides is 1. The Morgan fingerprint density at radius 3 is 2.50 bits per heavy atom. The molecule has 1 amide bonds. The Kier molecular flexibility index (Phi) is 5.41. The van der Waals surface area contributed by atoms with Gasteiger partial charge in [-0.15, -0.1) is 0 Å². The van der Waals surface area contributed by atoms with Crippen LogP contribution in [0.25, 0.3) is 0 Å². The van der Waals surface area contributed by atoms with Gasteiger partial charge in [-0.1, -0.05) is 23.2 Å². The molecule has 0 aliphatic rings. The Bertz CT molecular complexity index is 686. The minimum atomic E-state index is -0.739. The van der Waals surface area contributed by atoms with E-state index < -0.39 is 6.10 Å². The van der Waals surface area contributed by atoms with Crippen molar-refractivity contribution in [3.8, 4) is 5.75 Å². The van der Waals surface area contributed by atoms with Gasteiger partial charge in [-0.25, -0.2) is 0 Å². The molecule has 1 N–H and O–H groups in total. The zero-order valence-electron chi connectivity index (χ0n) is 11.7. The van der Waals surface area contributed by atoms with Crippen molar-refractivity contribution in [2.75, 3.05) is 5.32 Å². The van der Waals surface area contributed by atoms with Crippen molar-refractivity contribution in [2.24, 2.45) is 0 Å². The number of anilines is 1. The second-order valence-corrected chi connectivity index (χ2v) is 5.40. The molecule has 0 bridgehead atoms. The molecule has 0 aliphatic heterocycles. The zero-order valence-corrected chi connectivity index (χ0v) is 13.2. The fourth-order valence-electron chi connectivity index (χ4n) is 1.71. The van der Waals surface area contributed by atoms with Crippen molar-refractivity contribution in [2.45, 2.75) is 13.0 Å². The molecule has 6 heteroatoms. The second-order valence-electron chi connectivity index (χ2n) is 4.56. The maximum absolute atomic E-state index is 12.1. The third kappa shape index (κ3) is 4.23. The standard InChI is InChI=1S/C16H13Cl2NO3/c1-10(22-13-5-2-11(9-20)3-6-13)16(21)19-15-8-12(17)4-7-14(15)18/h2-10H,1H3,(H,19,21). The van der Waals surface area contributed by atoms with Crippen LogP contribution < -0.4 is 10.1 Å². The maximum Gasteiger partial charge on any atom is 0.265 e. The number of nitrogens with one attached hydrogen (secondary N) is 1. The summed E-state index contributed by atoms with van der Waals surface area (Å²) in [4.78, 5) is 22.7. The van der Waals surface area contributed by atoms with Crippen molar-refractivity contribution in [1.29, 1.82) is 0 Å². The van der Waals surface area contributed by atoms with Gasteiger partial charge < -0.3 is 10.1 Å². The van der Waals surface area contributed by atoms with Gasteiger partial charge in [-0.2, -0.15) is 0 Å². The van der Waals surface area contributed by atoms with Gasteiger partial charge in [-0.3, -0.25) is 9.59 Å². The van der Waals surface area contributed by atoms with Crippen molar-refractivity contribution < 1.29 is 14.3 Å². The fraction of sp³-hybridized carbons (Fsp3) is 0.125. The van der Waals surface area contributed by atoms with Crippen LogP contribution in [0.4, 0.5) is 5.69 Å². The highest BCUT2D eigenvalue weighted by Gasteiger charge is 2.16. The highest BCUT2D eigenvalue weighted by Crippen LogP contribution is 2.25. The number of hydrogen-bond donors (Lipinski definition) is 1. The normalized spacial score (nSPS) is 11.6. The van der Waals surface area contributed by atoms with Crippen molar-refractivity contribution in [3.05, 3.63) is 58.1 Å². The topological polar surface area (TPSA) is 55.4 Å². The Hall–Kier alpha value is -2.04. The van der Waals surface area contributed by atoms with Gasteiger partial charge in [-0.05, 0) is 49.4 Å². The molecule has 2 aromatic rings. The average molecular weight is 338 g/mol. The molecule has 0 radical (unpaired) electrons. The van der Waals surface area contributed by atoms with Crippen LogP contribution in [0.2, 0.25) is 10.0 Å². The lowest BCUT2D eigenvalue weighted by Gasteiger charge is -2.15. The van der Waals surface area contributed by atoms with Gasteiger partial charge in [0, 0.05) is 10.6 Å². The summed E-state index contributed by atoms with van der Waals surface area (Å²) in [5.41, 5.74) is 0.959. The lowest BCUT2D eigenvalue weighted by atomic mass is 10.2. The van der Waals surface area contributed by atoms with Crippen molar-refractivity contribution in [1.82, 2.24) is 0 Å². The molecule has 2 rings (SSSR count). The van der Waals surface area contributed by atoms with Crippen LogP contribution in [0.1, 0.15) is 17.3 Å². The van der Waals surface area contributed by atoms with Crippen LogP contribution in [0.5, 0.6) is 5.75 Å².